The Balaban J connectivity index is 2.16. The standard InChI is InChI=1S/C14H22BrN3O2/c1-4-18-11(12(15)10(2)16-18)8-17-7-5-6-14(3,9-17)13(19)20/h4-9H2,1-3H3,(H,19,20). The minimum atomic E-state index is -0.693. The van der Waals surface area contributed by atoms with Gasteiger partial charge in [-0.2, -0.15) is 5.10 Å². The first-order valence-corrected chi connectivity index (χ1v) is 7.84. The lowest BCUT2D eigenvalue weighted by Gasteiger charge is -2.37. The highest BCUT2D eigenvalue weighted by Crippen LogP contribution is 2.31. The molecule has 0 saturated carbocycles. The van der Waals surface area contributed by atoms with Crippen LogP contribution in [0.1, 0.15) is 38.1 Å². The highest BCUT2D eigenvalue weighted by molar-refractivity contribution is 9.10. The Morgan fingerprint density at radius 2 is 2.25 bits per heavy atom. The molecule has 0 spiro atoms. The van der Waals surface area contributed by atoms with Crippen molar-refractivity contribution in [1.29, 1.82) is 0 Å². The van der Waals surface area contributed by atoms with Crippen molar-refractivity contribution in [2.45, 2.75) is 46.7 Å². The molecule has 1 N–H and O–H groups in total. The number of hydrogen-bond acceptors (Lipinski definition) is 3. The maximum atomic E-state index is 11.4. The maximum Gasteiger partial charge on any atom is 0.310 e. The summed E-state index contributed by atoms with van der Waals surface area (Å²) in [6, 6.07) is 0. The molecule has 0 bridgehead atoms. The van der Waals surface area contributed by atoms with E-state index in [0.29, 0.717) is 6.54 Å². The molecule has 1 saturated heterocycles. The summed E-state index contributed by atoms with van der Waals surface area (Å²) < 4.78 is 3.04. The van der Waals surface area contributed by atoms with E-state index in [-0.39, 0.29) is 0 Å². The lowest BCUT2D eigenvalue weighted by molar-refractivity contribution is -0.151. The zero-order chi connectivity index (χ0) is 14.9. The van der Waals surface area contributed by atoms with E-state index < -0.39 is 11.4 Å². The van der Waals surface area contributed by atoms with Crippen LogP contribution in [0.25, 0.3) is 0 Å². The van der Waals surface area contributed by atoms with Crippen LogP contribution in [0.5, 0.6) is 0 Å². The molecule has 5 nitrogen and oxygen atoms in total. The first kappa shape index (κ1) is 15.5. The van der Waals surface area contributed by atoms with Crippen LogP contribution in [0.15, 0.2) is 4.47 Å². The van der Waals surface area contributed by atoms with Gasteiger partial charge in [0.25, 0.3) is 0 Å². The summed E-state index contributed by atoms with van der Waals surface area (Å²) in [7, 11) is 0. The van der Waals surface area contributed by atoms with Crippen LogP contribution in [0.3, 0.4) is 0 Å². The molecular weight excluding hydrogens is 322 g/mol. The van der Waals surface area contributed by atoms with E-state index in [1.54, 1.807) is 0 Å². The topological polar surface area (TPSA) is 58.4 Å². The molecule has 1 aliphatic heterocycles. The van der Waals surface area contributed by atoms with Gasteiger partial charge in [0.05, 0.1) is 21.3 Å². The number of carbonyl (C=O) groups is 1. The highest BCUT2D eigenvalue weighted by Gasteiger charge is 2.38. The Bertz CT molecular complexity index is 515. The van der Waals surface area contributed by atoms with E-state index in [2.05, 4.69) is 32.9 Å². The van der Waals surface area contributed by atoms with Gasteiger partial charge in [-0.15, -0.1) is 0 Å². The van der Waals surface area contributed by atoms with E-state index in [4.69, 9.17) is 0 Å². The number of nitrogens with zero attached hydrogens (tertiary/aromatic N) is 3. The molecule has 0 aliphatic carbocycles. The van der Waals surface area contributed by atoms with Crippen LogP contribution in [0.2, 0.25) is 0 Å². The molecule has 0 amide bonds. The van der Waals surface area contributed by atoms with Crippen molar-refractivity contribution in [1.82, 2.24) is 14.7 Å². The second kappa shape index (κ2) is 5.85. The van der Waals surface area contributed by atoms with Gasteiger partial charge >= 0.3 is 5.97 Å². The number of rotatable bonds is 4. The van der Waals surface area contributed by atoms with Crippen molar-refractivity contribution in [2.75, 3.05) is 13.1 Å². The summed E-state index contributed by atoms with van der Waals surface area (Å²) in [5.74, 6) is -0.693. The highest BCUT2D eigenvalue weighted by atomic mass is 79.9. The van der Waals surface area contributed by atoms with E-state index >= 15 is 0 Å². The Morgan fingerprint density at radius 1 is 1.55 bits per heavy atom. The number of piperidine rings is 1. The van der Waals surface area contributed by atoms with E-state index in [9.17, 15) is 9.90 Å². The first-order valence-electron chi connectivity index (χ1n) is 7.05. The van der Waals surface area contributed by atoms with E-state index in [1.807, 2.05) is 18.5 Å². The molecular formula is C14H22BrN3O2. The van der Waals surface area contributed by atoms with E-state index in [1.165, 1.54) is 0 Å². The fourth-order valence-corrected chi connectivity index (χ4v) is 3.30. The van der Waals surface area contributed by atoms with Gasteiger partial charge in [-0.25, -0.2) is 0 Å². The second-order valence-corrected chi connectivity index (χ2v) is 6.63. The van der Waals surface area contributed by atoms with Gasteiger partial charge in [0.15, 0.2) is 0 Å². The van der Waals surface area contributed by atoms with Gasteiger partial charge in [-0.1, -0.05) is 0 Å². The number of aromatic nitrogens is 2. The van der Waals surface area contributed by atoms with Crippen molar-refractivity contribution in [3.63, 3.8) is 0 Å². The zero-order valence-corrected chi connectivity index (χ0v) is 13.9. The van der Waals surface area contributed by atoms with Gasteiger partial charge in [0.1, 0.15) is 0 Å². The van der Waals surface area contributed by atoms with Gasteiger partial charge in [0, 0.05) is 19.6 Å². The average Bonchev–Trinajstić information content (AvgIpc) is 2.66. The SMILES string of the molecule is CCn1nc(C)c(Br)c1CN1CCCC(C)(C(=O)O)C1. The molecule has 2 rings (SSSR count). The van der Waals surface area contributed by atoms with Crippen LogP contribution < -0.4 is 0 Å². The molecule has 1 aromatic rings. The first-order chi connectivity index (χ1) is 9.37. The normalized spacial score (nSPS) is 24.0. The molecule has 20 heavy (non-hydrogen) atoms. The number of aryl methyl sites for hydroxylation is 2. The van der Waals surface area contributed by atoms with Gasteiger partial charge in [-0.05, 0) is 56.1 Å². The minimum absolute atomic E-state index is 0.600. The molecule has 112 valence electrons. The number of hydrogen-bond donors (Lipinski definition) is 1. The Kier molecular flexibility index (Phi) is 4.54. The summed E-state index contributed by atoms with van der Waals surface area (Å²) in [5.41, 5.74) is 1.50. The molecule has 6 heteroatoms. The van der Waals surface area contributed by atoms with E-state index in [0.717, 1.165) is 48.3 Å². The number of aliphatic carboxylic acids is 1. The smallest absolute Gasteiger partial charge is 0.310 e. The third-order valence-electron chi connectivity index (χ3n) is 4.12. The van der Waals surface area contributed by atoms with Crippen molar-refractivity contribution >= 4 is 21.9 Å². The average molecular weight is 344 g/mol. The fraction of sp³-hybridized carbons (Fsp3) is 0.714. The Labute approximate surface area is 128 Å². The third kappa shape index (κ3) is 2.91. The predicted molar refractivity (Wildman–Crippen MR) is 80.6 cm³/mol. The number of carboxylic acid groups (broad SMARTS) is 1. The van der Waals surface area contributed by atoms with Crippen LogP contribution in [-0.2, 0) is 17.9 Å². The summed E-state index contributed by atoms with van der Waals surface area (Å²) in [6.45, 7) is 9.02. The maximum absolute atomic E-state index is 11.4. The number of halogens is 1. The molecule has 0 aromatic carbocycles. The summed E-state index contributed by atoms with van der Waals surface area (Å²) in [4.78, 5) is 13.6. The second-order valence-electron chi connectivity index (χ2n) is 5.84. The Morgan fingerprint density at radius 3 is 2.85 bits per heavy atom. The lowest BCUT2D eigenvalue weighted by Crippen LogP contribution is -2.45. The zero-order valence-electron chi connectivity index (χ0n) is 12.3. The molecule has 1 unspecified atom stereocenters. The summed E-state index contributed by atoms with van der Waals surface area (Å²) in [5, 5.41) is 13.9. The molecule has 2 heterocycles. The van der Waals surface area contributed by atoms with Crippen LogP contribution in [0.4, 0.5) is 0 Å². The summed E-state index contributed by atoms with van der Waals surface area (Å²) >= 11 is 3.60. The summed E-state index contributed by atoms with van der Waals surface area (Å²) in [6.07, 6.45) is 1.69. The minimum Gasteiger partial charge on any atom is -0.481 e. The van der Waals surface area contributed by atoms with Crippen LogP contribution >= 0.6 is 15.9 Å². The molecule has 1 atom stereocenters. The van der Waals surface area contributed by atoms with Crippen molar-refractivity contribution in [3.05, 3.63) is 15.9 Å². The third-order valence-corrected chi connectivity index (χ3v) is 5.15. The fourth-order valence-electron chi connectivity index (χ4n) is 2.89. The molecule has 0 radical (unpaired) electrons. The van der Waals surface area contributed by atoms with Crippen molar-refractivity contribution in [2.24, 2.45) is 5.41 Å². The number of carboxylic acids is 1. The molecule has 1 aliphatic rings. The van der Waals surface area contributed by atoms with Crippen molar-refractivity contribution < 1.29 is 9.90 Å². The van der Waals surface area contributed by atoms with Gasteiger partial charge in [-0.3, -0.25) is 14.4 Å². The number of likely N-dealkylation sites (tertiary alicyclic amines) is 1. The van der Waals surface area contributed by atoms with Gasteiger partial charge < -0.3 is 5.11 Å². The predicted octanol–water partition coefficient (Wildman–Crippen LogP) is 2.66. The van der Waals surface area contributed by atoms with Crippen molar-refractivity contribution in [3.8, 4) is 0 Å². The lowest BCUT2D eigenvalue weighted by atomic mass is 9.82. The van der Waals surface area contributed by atoms with Gasteiger partial charge in [0.2, 0.25) is 0 Å². The quantitative estimate of drug-likeness (QED) is 0.912. The Hall–Kier alpha value is -0.880. The van der Waals surface area contributed by atoms with Crippen LogP contribution in [-0.4, -0.2) is 38.8 Å². The largest absolute Gasteiger partial charge is 0.481 e. The molecule has 1 fully saturated rings. The molecule has 1 aromatic heterocycles. The van der Waals surface area contributed by atoms with Crippen LogP contribution in [0, 0.1) is 12.3 Å². The monoisotopic (exact) mass is 343 g/mol.